The minimum atomic E-state index is -1.03. The first-order valence-electron chi connectivity index (χ1n) is 7.71. The molecule has 22 heavy (non-hydrogen) atoms. The number of carboxylic acid groups (broad SMARTS) is 1. The molecule has 2 unspecified atom stereocenters. The van der Waals surface area contributed by atoms with Gasteiger partial charge in [-0.3, -0.25) is 4.79 Å². The minimum Gasteiger partial charge on any atom is -0.478 e. The van der Waals surface area contributed by atoms with Gasteiger partial charge in [0.05, 0.1) is 30.0 Å². The lowest BCUT2D eigenvalue weighted by molar-refractivity contribution is -0.0754. The summed E-state index contributed by atoms with van der Waals surface area (Å²) in [5.41, 5.74) is 0.814. The fourth-order valence-corrected chi connectivity index (χ4v) is 3.40. The van der Waals surface area contributed by atoms with Crippen LogP contribution in [0.15, 0.2) is 12.1 Å². The van der Waals surface area contributed by atoms with E-state index in [9.17, 15) is 9.59 Å². The van der Waals surface area contributed by atoms with Crippen LogP contribution in [0.2, 0.25) is 0 Å². The topological polar surface area (TPSA) is 79.7 Å². The largest absolute Gasteiger partial charge is 0.478 e. The van der Waals surface area contributed by atoms with Gasteiger partial charge in [-0.2, -0.15) is 0 Å². The van der Waals surface area contributed by atoms with Gasteiger partial charge in [-0.25, -0.2) is 9.78 Å². The molecule has 1 aliphatic carbocycles. The Morgan fingerprint density at radius 3 is 2.82 bits per heavy atom. The summed E-state index contributed by atoms with van der Waals surface area (Å²) < 4.78 is 5.78. The fourth-order valence-electron chi connectivity index (χ4n) is 3.40. The number of nitrogens with zero attached hydrogens (tertiary/aromatic N) is 2. The molecule has 2 atom stereocenters. The molecule has 1 amide bonds. The zero-order valence-corrected chi connectivity index (χ0v) is 12.6. The molecule has 0 aromatic carbocycles. The molecule has 6 nitrogen and oxygen atoms in total. The molecule has 1 aliphatic heterocycles. The second-order valence-electron chi connectivity index (χ2n) is 5.89. The average Bonchev–Trinajstić information content (AvgIpc) is 2.53. The quantitative estimate of drug-likeness (QED) is 0.902. The van der Waals surface area contributed by atoms with Crippen molar-refractivity contribution in [2.75, 3.05) is 13.2 Å². The summed E-state index contributed by atoms with van der Waals surface area (Å²) in [6.07, 6.45) is 4.35. The number of hydrogen-bond acceptors (Lipinski definition) is 4. The van der Waals surface area contributed by atoms with Crippen molar-refractivity contribution in [3.8, 4) is 0 Å². The maximum atomic E-state index is 12.7. The molecule has 1 saturated heterocycles. The number of carbonyl (C=O) groups excluding carboxylic acids is 1. The Kier molecular flexibility index (Phi) is 4.11. The first kappa shape index (κ1) is 15.0. The Hall–Kier alpha value is -1.95. The van der Waals surface area contributed by atoms with Gasteiger partial charge in [0.25, 0.3) is 5.91 Å². The van der Waals surface area contributed by atoms with Gasteiger partial charge in [-0.1, -0.05) is 12.8 Å². The van der Waals surface area contributed by atoms with E-state index in [1.165, 1.54) is 12.1 Å². The van der Waals surface area contributed by atoms with E-state index >= 15 is 0 Å². The number of ether oxygens (including phenoxy) is 1. The molecule has 2 fully saturated rings. The van der Waals surface area contributed by atoms with E-state index in [1.807, 2.05) is 4.90 Å². The molecular formula is C16H20N2O4. The summed E-state index contributed by atoms with van der Waals surface area (Å²) in [4.78, 5) is 29.8. The van der Waals surface area contributed by atoms with Crippen molar-refractivity contribution in [2.24, 2.45) is 0 Å². The Bertz CT molecular complexity index is 600. The van der Waals surface area contributed by atoms with Gasteiger partial charge >= 0.3 is 5.97 Å². The van der Waals surface area contributed by atoms with Gasteiger partial charge < -0.3 is 14.7 Å². The molecule has 2 heterocycles. The summed E-state index contributed by atoms with van der Waals surface area (Å²) in [6, 6.07) is 3.08. The van der Waals surface area contributed by atoms with Gasteiger partial charge in [0.2, 0.25) is 0 Å². The maximum Gasteiger partial charge on any atom is 0.337 e. The van der Waals surface area contributed by atoms with Crippen LogP contribution in [0.4, 0.5) is 0 Å². The molecule has 0 spiro atoms. The normalized spacial score (nSPS) is 24.7. The lowest BCUT2D eigenvalue weighted by Gasteiger charge is -2.43. The highest BCUT2D eigenvalue weighted by molar-refractivity contribution is 5.94. The molecule has 118 valence electrons. The number of morpholine rings is 1. The number of hydrogen-bond donors (Lipinski definition) is 1. The summed E-state index contributed by atoms with van der Waals surface area (Å²) in [5.74, 6) is -1.15. The lowest BCUT2D eigenvalue weighted by Crippen LogP contribution is -2.55. The highest BCUT2D eigenvalue weighted by atomic mass is 16.5. The van der Waals surface area contributed by atoms with Crippen LogP contribution in [-0.2, 0) is 4.74 Å². The van der Waals surface area contributed by atoms with Crippen LogP contribution in [-0.4, -0.2) is 52.2 Å². The smallest absolute Gasteiger partial charge is 0.337 e. The molecule has 3 rings (SSSR count). The number of aromatic carboxylic acids is 1. The standard InChI is InChI=1S/C16H20N2O4/c1-10-11(16(20)21)6-7-12(17-10)15(19)18-8-9-22-14-5-3-2-4-13(14)18/h6-7,13-14H,2-5,8-9H2,1H3,(H,20,21). The Labute approximate surface area is 129 Å². The molecular weight excluding hydrogens is 284 g/mol. The van der Waals surface area contributed by atoms with E-state index in [-0.39, 0.29) is 23.6 Å². The number of rotatable bonds is 2. The predicted molar refractivity (Wildman–Crippen MR) is 79.0 cm³/mol. The van der Waals surface area contributed by atoms with Gasteiger partial charge in [0.15, 0.2) is 0 Å². The minimum absolute atomic E-state index is 0.122. The van der Waals surface area contributed by atoms with Gasteiger partial charge in [0, 0.05) is 6.54 Å². The van der Waals surface area contributed by atoms with E-state index in [0.717, 1.165) is 25.7 Å². The molecule has 1 aromatic rings. The lowest BCUT2D eigenvalue weighted by atomic mass is 9.90. The van der Waals surface area contributed by atoms with E-state index in [2.05, 4.69) is 4.98 Å². The number of amides is 1. The van der Waals surface area contributed by atoms with Gasteiger partial charge in [0.1, 0.15) is 5.69 Å². The maximum absolute atomic E-state index is 12.7. The van der Waals surface area contributed by atoms with Crippen molar-refractivity contribution >= 4 is 11.9 Å². The van der Waals surface area contributed by atoms with Crippen molar-refractivity contribution in [2.45, 2.75) is 44.8 Å². The van der Waals surface area contributed by atoms with E-state index in [0.29, 0.717) is 24.5 Å². The zero-order valence-electron chi connectivity index (χ0n) is 12.6. The molecule has 1 aromatic heterocycles. The molecule has 1 saturated carbocycles. The fraction of sp³-hybridized carbons (Fsp3) is 0.562. The number of pyridine rings is 1. The van der Waals surface area contributed by atoms with Crippen molar-refractivity contribution in [3.05, 3.63) is 29.1 Å². The van der Waals surface area contributed by atoms with Crippen LogP contribution in [0.25, 0.3) is 0 Å². The SMILES string of the molecule is Cc1nc(C(=O)N2CCOC3CCCCC32)ccc1C(=O)O. The van der Waals surface area contributed by atoms with Crippen LogP contribution < -0.4 is 0 Å². The average molecular weight is 304 g/mol. The van der Waals surface area contributed by atoms with Crippen molar-refractivity contribution in [1.82, 2.24) is 9.88 Å². The van der Waals surface area contributed by atoms with E-state index in [1.54, 1.807) is 6.92 Å². The van der Waals surface area contributed by atoms with Crippen molar-refractivity contribution < 1.29 is 19.4 Å². The van der Waals surface area contributed by atoms with Crippen LogP contribution >= 0.6 is 0 Å². The van der Waals surface area contributed by atoms with Gasteiger partial charge in [-0.05, 0) is 31.9 Å². The summed E-state index contributed by atoms with van der Waals surface area (Å²) >= 11 is 0. The number of carbonyl (C=O) groups is 2. The van der Waals surface area contributed by atoms with E-state index in [4.69, 9.17) is 9.84 Å². The number of aromatic nitrogens is 1. The van der Waals surface area contributed by atoms with Crippen LogP contribution in [0, 0.1) is 6.92 Å². The first-order valence-corrected chi connectivity index (χ1v) is 7.71. The monoisotopic (exact) mass is 304 g/mol. The van der Waals surface area contributed by atoms with Crippen molar-refractivity contribution in [3.63, 3.8) is 0 Å². The highest BCUT2D eigenvalue weighted by Gasteiger charge is 2.37. The Balaban J connectivity index is 1.83. The molecule has 0 bridgehead atoms. The second kappa shape index (κ2) is 6.04. The first-order chi connectivity index (χ1) is 10.6. The van der Waals surface area contributed by atoms with E-state index < -0.39 is 5.97 Å². The molecule has 2 aliphatic rings. The molecule has 6 heteroatoms. The summed E-state index contributed by atoms with van der Waals surface area (Å²) in [7, 11) is 0. The Morgan fingerprint density at radius 2 is 2.09 bits per heavy atom. The zero-order chi connectivity index (χ0) is 15.7. The highest BCUT2D eigenvalue weighted by Crippen LogP contribution is 2.29. The number of fused-ring (bicyclic) bond motifs is 1. The summed E-state index contributed by atoms with van der Waals surface area (Å²) in [5, 5.41) is 9.05. The number of aryl methyl sites for hydroxylation is 1. The Morgan fingerprint density at radius 1 is 1.32 bits per heavy atom. The third kappa shape index (κ3) is 2.70. The second-order valence-corrected chi connectivity index (χ2v) is 5.89. The van der Waals surface area contributed by atoms with Crippen LogP contribution in [0.3, 0.4) is 0 Å². The molecule has 1 N–H and O–H groups in total. The van der Waals surface area contributed by atoms with Gasteiger partial charge in [-0.15, -0.1) is 0 Å². The van der Waals surface area contributed by atoms with Crippen LogP contribution in [0.1, 0.15) is 52.2 Å². The summed E-state index contributed by atoms with van der Waals surface area (Å²) in [6.45, 7) is 2.74. The third-order valence-electron chi connectivity index (χ3n) is 4.53. The molecule has 0 radical (unpaired) electrons. The predicted octanol–water partition coefficient (Wildman–Crippen LogP) is 1.87. The van der Waals surface area contributed by atoms with Crippen molar-refractivity contribution in [1.29, 1.82) is 0 Å². The number of carboxylic acids is 1. The van der Waals surface area contributed by atoms with Crippen LogP contribution in [0.5, 0.6) is 0 Å². The third-order valence-corrected chi connectivity index (χ3v) is 4.53.